The smallest absolute Gasteiger partial charge is 0.191 e. The number of halogens is 2. The third-order valence-electron chi connectivity index (χ3n) is 4.77. The maximum absolute atomic E-state index is 13.5. The number of guanidine groups is 1. The maximum Gasteiger partial charge on any atom is 0.191 e. The first-order valence-electron chi connectivity index (χ1n) is 9.67. The molecule has 0 amide bonds. The first-order valence-corrected chi connectivity index (χ1v) is 11.1. The van der Waals surface area contributed by atoms with Crippen LogP contribution in [0.3, 0.4) is 0 Å². The average molecular weight is 524 g/mol. The summed E-state index contributed by atoms with van der Waals surface area (Å²) in [6.45, 7) is 11.2. The van der Waals surface area contributed by atoms with Crippen LogP contribution in [0.2, 0.25) is 0 Å². The summed E-state index contributed by atoms with van der Waals surface area (Å²) in [5.74, 6) is 1.40. The predicted octanol–water partition coefficient (Wildman–Crippen LogP) is 3.47. The molecule has 0 saturated carbocycles. The van der Waals surface area contributed by atoms with Gasteiger partial charge in [0, 0.05) is 37.5 Å². The summed E-state index contributed by atoms with van der Waals surface area (Å²) in [5.41, 5.74) is 2.08. The van der Waals surface area contributed by atoms with Gasteiger partial charge >= 0.3 is 0 Å². The normalized spacial score (nSPS) is 19.0. The van der Waals surface area contributed by atoms with Gasteiger partial charge in [-0.1, -0.05) is 6.07 Å². The molecule has 2 atom stereocenters. The molecule has 1 heterocycles. The number of hydrogen-bond donors (Lipinski definition) is 2. The van der Waals surface area contributed by atoms with Crippen LogP contribution in [0.5, 0.6) is 0 Å². The topological polar surface area (TPSA) is 48.9 Å². The van der Waals surface area contributed by atoms with Crippen LogP contribution in [0.25, 0.3) is 0 Å². The summed E-state index contributed by atoms with van der Waals surface area (Å²) >= 11 is 1.69. The molecule has 160 valence electrons. The van der Waals surface area contributed by atoms with E-state index in [4.69, 9.17) is 9.73 Å². The highest BCUT2D eigenvalue weighted by molar-refractivity contribution is 14.0. The van der Waals surface area contributed by atoms with Crippen molar-refractivity contribution in [3.63, 3.8) is 0 Å². The van der Waals surface area contributed by atoms with Gasteiger partial charge in [-0.15, -0.1) is 24.0 Å². The molecule has 1 aromatic carbocycles. The Morgan fingerprint density at radius 1 is 1.39 bits per heavy atom. The fraction of sp³-hybridized carbons (Fsp3) is 0.650. The Kier molecular flexibility index (Phi) is 12.4. The highest BCUT2D eigenvalue weighted by Crippen LogP contribution is 2.17. The minimum Gasteiger partial charge on any atom is -0.379 e. The van der Waals surface area contributed by atoms with Gasteiger partial charge in [0.15, 0.2) is 5.96 Å². The van der Waals surface area contributed by atoms with Crippen molar-refractivity contribution < 1.29 is 9.13 Å². The van der Waals surface area contributed by atoms with Gasteiger partial charge in [0.05, 0.1) is 19.8 Å². The fourth-order valence-corrected chi connectivity index (χ4v) is 3.88. The molecule has 1 aliphatic heterocycles. The first kappa shape index (κ1) is 25.5. The lowest BCUT2D eigenvalue weighted by molar-refractivity contribution is -0.0174. The van der Waals surface area contributed by atoms with Crippen LogP contribution in [-0.4, -0.2) is 62.0 Å². The van der Waals surface area contributed by atoms with Gasteiger partial charge in [0.2, 0.25) is 0 Å². The molecule has 5 nitrogen and oxygen atoms in total. The van der Waals surface area contributed by atoms with Crippen LogP contribution in [0.1, 0.15) is 31.9 Å². The van der Waals surface area contributed by atoms with E-state index in [0.29, 0.717) is 18.6 Å². The number of hydrogen-bond acceptors (Lipinski definition) is 4. The van der Waals surface area contributed by atoms with Crippen molar-refractivity contribution in [2.24, 2.45) is 4.99 Å². The van der Waals surface area contributed by atoms with Crippen molar-refractivity contribution in [1.82, 2.24) is 15.5 Å². The zero-order valence-electron chi connectivity index (χ0n) is 17.3. The molecule has 2 rings (SSSR count). The van der Waals surface area contributed by atoms with E-state index in [1.165, 1.54) is 6.07 Å². The number of rotatable bonds is 8. The second kappa shape index (κ2) is 13.6. The van der Waals surface area contributed by atoms with Gasteiger partial charge in [0.1, 0.15) is 5.82 Å². The summed E-state index contributed by atoms with van der Waals surface area (Å²) in [7, 11) is 0. The van der Waals surface area contributed by atoms with E-state index in [0.717, 1.165) is 55.7 Å². The third kappa shape index (κ3) is 8.04. The number of nitrogens with zero attached hydrogens (tertiary/aromatic N) is 2. The van der Waals surface area contributed by atoms with Crippen molar-refractivity contribution in [2.45, 2.75) is 45.2 Å². The first-order chi connectivity index (χ1) is 13.0. The SMILES string of the molecule is CCNC(=NCc1ccc(F)cc1CSC)NCC(C)N1CCOCC1C.I. The van der Waals surface area contributed by atoms with Crippen molar-refractivity contribution in [3.8, 4) is 0 Å². The van der Waals surface area contributed by atoms with E-state index >= 15 is 0 Å². The molecule has 1 aromatic rings. The Hall–Kier alpha value is -0.580. The summed E-state index contributed by atoms with van der Waals surface area (Å²) in [5, 5.41) is 6.75. The molecular weight excluding hydrogens is 490 g/mol. The van der Waals surface area contributed by atoms with Crippen molar-refractivity contribution in [3.05, 3.63) is 35.1 Å². The number of morpholine rings is 1. The quantitative estimate of drug-likeness (QED) is 0.310. The second-order valence-corrected chi connectivity index (χ2v) is 7.80. The molecule has 8 heteroatoms. The summed E-state index contributed by atoms with van der Waals surface area (Å²) in [4.78, 5) is 7.18. The number of benzene rings is 1. The molecule has 2 unspecified atom stereocenters. The van der Waals surface area contributed by atoms with Gasteiger partial charge in [-0.2, -0.15) is 11.8 Å². The molecular formula is C20H34FIN4OS. The van der Waals surface area contributed by atoms with Crippen LogP contribution < -0.4 is 10.6 Å². The van der Waals surface area contributed by atoms with Crippen LogP contribution in [0, 0.1) is 5.82 Å². The van der Waals surface area contributed by atoms with Gasteiger partial charge in [-0.25, -0.2) is 9.38 Å². The van der Waals surface area contributed by atoms with E-state index in [1.807, 2.05) is 12.3 Å². The lowest BCUT2D eigenvalue weighted by Gasteiger charge is -2.38. The highest BCUT2D eigenvalue weighted by atomic mass is 127. The Morgan fingerprint density at radius 3 is 2.86 bits per heavy atom. The lowest BCUT2D eigenvalue weighted by Crippen LogP contribution is -2.53. The second-order valence-electron chi connectivity index (χ2n) is 6.93. The Morgan fingerprint density at radius 2 is 2.18 bits per heavy atom. The highest BCUT2D eigenvalue weighted by Gasteiger charge is 2.23. The van der Waals surface area contributed by atoms with E-state index in [9.17, 15) is 4.39 Å². The predicted molar refractivity (Wildman–Crippen MR) is 128 cm³/mol. The van der Waals surface area contributed by atoms with Gasteiger partial charge < -0.3 is 15.4 Å². The van der Waals surface area contributed by atoms with Crippen LogP contribution in [-0.2, 0) is 17.0 Å². The molecule has 0 aliphatic carbocycles. The molecule has 0 spiro atoms. The summed E-state index contributed by atoms with van der Waals surface area (Å²) < 4.78 is 19.1. The molecule has 1 aliphatic rings. The summed E-state index contributed by atoms with van der Waals surface area (Å²) in [6.07, 6.45) is 2.03. The Balaban J connectivity index is 0.00000392. The van der Waals surface area contributed by atoms with Gasteiger partial charge in [0.25, 0.3) is 0 Å². The largest absolute Gasteiger partial charge is 0.379 e. The molecule has 28 heavy (non-hydrogen) atoms. The van der Waals surface area contributed by atoms with Crippen molar-refractivity contribution >= 4 is 41.7 Å². The van der Waals surface area contributed by atoms with E-state index < -0.39 is 0 Å². The molecule has 0 aromatic heterocycles. The zero-order valence-corrected chi connectivity index (χ0v) is 20.5. The van der Waals surface area contributed by atoms with Gasteiger partial charge in [-0.3, -0.25) is 4.90 Å². The Bertz CT molecular complexity index is 620. The molecule has 1 fully saturated rings. The van der Waals surface area contributed by atoms with Crippen LogP contribution >= 0.6 is 35.7 Å². The standard InChI is InChI=1S/C20H33FN4OS.HI/c1-5-22-20(23-11-15(2)25-8-9-26-13-16(25)3)24-12-17-6-7-19(21)10-18(17)14-27-4;/h6-7,10,15-16H,5,8-9,11-14H2,1-4H3,(H2,22,23,24);1H. The lowest BCUT2D eigenvalue weighted by atomic mass is 10.1. The summed E-state index contributed by atoms with van der Waals surface area (Å²) in [6, 6.07) is 5.79. The monoisotopic (exact) mass is 524 g/mol. The number of aliphatic imine (C=N–C) groups is 1. The molecule has 2 N–H and O–H groups in total. The van der Waals surface area contributed by atoms with E-state index in [1.54, 1.807) is 17.8 Å². The number of nitrogens with one attached hydrogen (secondary N) is 2. The van der Waals surface area contributed by atoms with Gasteiger partial charge in [-0.05, 0) is 50.3 Å². The van der Waals surface area contributed by atoms with Crippen LogP contribution in [0.15, 0.2) is 23.2 Å². The third-order valence-corrected chi connectivity index (χ3v) is 5.37. The molecule has 1 saturated heterocycles. The van der Waals surface area contributed by atoms with E-state index in [-0.39, 0.29) is 29.8 Å². The van der Waals surface area contributed by atoms with Crippen molar-refractivity contribution in [1.29, 1.82) is 0 Å². The number of thioether (sulfide) groups is 1. The average Bonchev–Trinajstić information content (AvgIpc) is 2.65. The Labute approximate surface area is 190 Å². The number of ether oxygens (including phenoxy) is 1. The van der Waals surface area contributed by atoms with Crippen molar-refractivity contribution in [2.75, 3.05) is 39.1 Å². The maximum atomic E-state index is 13.5. The van der Waals surface area contributed by atoms with E-state index in [2.05, 4.69) is 36.3 Å². The zero-order chi connectivity index (χ0) is 19.6. The van der Waals surface area contributed by atoms with Crippen LogP contribution in [0.4, 0.5) is 4.39 Å². The minimum absolute atomic E-state index is 0. The fourth-order valence-electron chi connectivity index (χ4n) is 3.30. The minimum atomic E-state index is -0.190. The molecule has 0 bridgehead atoms. The molecule has 0 radical (unpaired) electrons.